The SMILES string of the molecule is OCC(CCCc1ccccc1)c1ccccc1. The van der Waals surface area contributed by atoms with E-state index in [1.165, 1.54) is 11.1 Å². The van der Waals surface area contributed by atoms with Gasteiger partial charge >= 0.3 is 0 Å². The van der Waals surface area contributed by atoms with Crippen LogP contribution in [0.5, 0.6) is 0 Å². The van der Waals surface area contributed by atoms with Gasteiger partial charge in [0.2, 0.25) is 0 Å². The largest absolute Gasteiger partial charge is 0.396 e. The highest BCUT2D eigenvalue weighted by atomic mass is 16.3. The second-order valence-electron chi connectivity index (χ2n) is 4.67. The maximum Gasteiger partial charge on any atom is 0.0499 e. The summed E-state index contributed by atoms with van der Waals surface area (Å²) in [6, 6.07) is 20.8. The number of hydrogen-bond acceptors (Lipinski definition) is 1. The van der Waals surface area contributed by atoms with E-state index in [4.69, 9.17) is 0 Å². The predicted molar refractivity (Wildman–Crippen MR) is 75.6 cm³/mol. The molecule has 1 atom stereocenters. The molecule has 0 spiro atoms. The summed E-state index contributed by atoms with van der Waals surface area (Å²) in [5.74, 6) is 0.273. The third-order valence-corrected chi connectivity index (χ3v) is 3.35. The fourth-order valence-corrected chi connectivity index (χ4v) is 2.29. The molecule has 0 heterocycles. The maximum atomic E-state index is 9.48. The van der Waals surface area contributed by atoms with Crippen molar-refractivity contribution < 1.29 is 5.11 Å². The molecule has 1 N–H and O–H groups in total. The molecule has 2 rings (SSSR count). The van der Waals surface area contributed by atoms with Gasteiger partial charge in [-0.05, 0) is 30.4 Å². The summed E-state index contributed by atoms with van der Waals surface area (Å²) >= 11 is 0. The van der Waals surface area contributed by atoms with E-state index in [9.17, 15) is 5.11 Å². The van der Waals surface area contributed by atoms with Crippen LogP contribution in [0.15, 0.2) is 60.7 Å². The van der Waals surface area contributed by atoms with Crippen molar-refractivity contribution >= 4 is 0 Å². The van der Waals surface area contributed by atoms with E-state index in [0.717, 1.165) is 19.3 Å². The molecule has 0 amide bonds. The number of aliphatic hydroxyl groups excluding tert-OH is 1. The van der Waals surface area contributed by atoms with Gasteiger partial charge in [0.15, 0.2) is 0 Å². The lowest BCUT2D eigenvalue weighted by Gasteiger charge is -2.14. The van der Waals surface area contributed by atoms with Gasteiger partial charge < -0.3 is 5.11 Å². The van der Waals surface area contributed by atoms with Crippen LogP contribution < -0.4 is 0 Å². The molecule has 0 aromatic heterocycles. The lowest BCUT2D eigenvalue weighted by molar-refractivity contribution is 0.257. The average Bonchev–Trinajstić information content (AvgIpc) is 2.46. The van der Waals surface area contributed by atoms with Crippen molar-refractivity contribution in [2.75, 3.05) is 6.61 Å². The van der Waals surface area contributed by atoms with Crippen LogP contribution in [-0.2, 0) is 6.42 Å². The van der Waals surface area contributed by atoms with Crippen molar-refractivity contribution in [1.82, 2.24) is 0 Å². The van der Waals surface area contributed by atoms with E-state index >= 15 is 0 Å². The minimum absolute atomic E-state index is 0.235. The molecule has 0 aliphatic carbocycles. The van der Waals surface area contributed by atoms with Crippen molar-refractivity contribution in [2.45, 2.75) is 25.2 Å². The fraction of sp³-hybridized carbons (Fsp3) is 0.294. The molecule has 1 unspecified atom stereocenters. The molecule has 2 aromatic rings. The van der Waals surface area contributed by atoms with E-state index in [1.54, 1.807) is 0 Å². The second kappa shape index (κ2) is 6.97. The Morgan fingerprint density at radius 2 is 1.44 bits per heavy atom. The van der Waals surface area contributed by atoms with Crippen molar-refractivity contribution in [1.29, 1.82) is 0 Å². The highest BCUT2D eigenvalue weighted by Crippen LogP contribution is 2.21. The Labute approximate surface area is 109 Å². The Kier molecular flexibility index (Phi) is 4.98. The predicted octanol–water partition coefficient (Wildman–Crippen LogP) is 3.79. The normalized spacial score (nSPS) is 12.3. The van der Waals surface area contributed by atoms with E-state index < -0.39 is 0 Å². The summed E-state index contributed by atoms with van der Waals surface area (Å²) in [4.78, 5) is 0. The summed E-state index contributed by atoms with van der Waals surface area (Å²) in [7, 11) is 0. The highest BCUT2D eigenvalue weighted by Gasteiger charge is 2.09. The van der Waals surface area contributed by atoms with Crippen LogP contribution in [0.2, 0.25) is 0 Å². The minimum atomic E-state index is 0.235. The van der Waals surface area contributed by atoms with E-state index in [0.29, 0.717) is 0 Å². The molecule has 0 saturated heterocycles. The van der Waals surface area contributed by atoms with Gasteiger partial charge in [0.25, 0.3) is 0 Å². The second-order valence-corrected chi connectivity index (χ2v) is 4.67. The average molecular weight is 240 g/mol. The van der Waals surface area contributed by atoms with Crippen LogP contribution in [0, 0.1) is 0 Å². The first-order chi connectivity index (χ1) is 8.90. The minimum Gasteiger partial charge on any atom is -0.396 e. The molecule has 0 bridgehead atoms. The molecule has 18 heavy (non-hydrogen) atoms. The van der Waals surface area contributed by atoms with Crippen LogP contribution in [0.25, 0.3) is 0 Å². The molecule has 0 aliphatic heterocycles. The van der Waals surface area contributed by atoms with Gasteiger partial charge in [0, 0.05) is 12.5 Å². The zero-order valence-corrected chi connectivity index (χ0v) is 10.6. The van der Waals surface area contributed by atoms with Crippen LogP contribution >= 0.6 is 0 Å². The van der Waals surface area contributed by atoms with Gasteiger partial charge in [-0.15, -0.1) is 0 Å². The van der Waals surface area contributed by atoms with Gasteiger partial charge in [-0.1, -0.05) is 60.7 Å². The van der Waals surface area contributed by atoms with Gasteiger partial charge in [0.05, 0.1) is 0 Å². The van der Waals surface area contributed by atoms with E-state index in [2.05, 4.69) is 36.4 Å². The third-order valence-electron chi connectivity index (χ3n) is 3.35. The molecular weight excluding hydrogens is 220 g/mol. The van der Waals surface area contributed by atoms with Crippen LogP contribution in [-0.4, -0.2) is 11.7 Å². The summed E-state index contributed by atoms with van der Waals surface area (Å²) < 4.78 is 0. The first-order valence-electron chi connectivity index (χ1n) is 6.60. The number of aliphatic hydroxyl groups is 1. The topological polar surface area (TPSA) is 20.2 Å². The molecule has 0 aliphatic rings. The van der Waals surface area contributed by atoms with Crippen molar-refractivity contribution in [3.63, 3.8) is 0 Å². The summed E-state index contributed by atoms with van der Waals surface area (Å²) in [5.41, 5.74) is 2.62. The molecule has 1 heteroatoms. The Balaban J connectivity index is 1.85. The first kappa shape index (κ1) is 12.8. The van der Waals surface area contributed by atoms with Crippen LogP contribution in [0.1, 0.15) is 29.9 Å². The molecule has 0 saturated carbocycles. The quantitative estimate of drug-likeness (QED) is 0.814. The number of rotatable bonds is 6. The maximum absolute atomic E-state index is 9.48. The van der Waals surface area contributed by atoms with Crippen LogP contribution in [0.4, 0.5) is 0 Å². The standard InChI is InChI=1S/C17H20O/c18-14-17(16-11-5-2-6-12-16)13-7-10-15-8-3-1-4-9-15/h1-6,8-9,11-12,17-18H,7,10,13-14H2. The van der Waals surface area contributed by atoms with Gasteiger partial charge in [-0.25, -0.2) is 0 Å². The lowest BCUT2D eigenvalue weighted by atomic mass is 9.93. The van der Waals surface area contributed by atoms with Crippen molar-refractivity contribution in [3.8, 4) is 0 Å². The van der Waals surface area contributed by atoms with Crippen molar-refractivity contribution in [2.24, 2.45) is 0 Å². The number of aryl methyl sites for hydroxylation is 1. The molecule has 1 nitrogen and oxygen atoms in total. The number of hydrogen-bond donors (Lipinski definition) is 1. The van der Waals surface area contributed by atoms with E-state index in [-0.39, 0.29) is 12.5 Å². The molecule has 0 fully saturated rings. The smallest absolute Gasteiger partial charge is 0.0499 e. The molecule has 0 radical (unpaired) electrons. The Morgan fingerprint density at radius 1 is 0.833 bits per heavy atom. The van der Waals surface area contributed by atoms with Crippen LogP contribution in [0.3, 0.4) is 0 Å². The van der Waals surface area contributed by atoms with Crippen molar-refractivity contribution in [3.05, 3.63) is 71.8 Å². The summed E-state index contributed by atoms with van der Waals surface area (Å²) in [6.45, 7) is 0.235. The summed E-state index contributed by atoms with van der Waals surface area (Å²) in [5, 5.41) is 9.48. The fourth-order valence-electron chi connectivity index (χ4n) is 2.29. The van der Waals surface area contributed by atoms with Gasteiger partial charge in [-0.3, -0.25) is 0 Å². The Hall–Kier alpha value is -1.60. The van der Waals surface area contributed by atoms with Gasteiger partial charge in [-0.2, -0.15) is 0 Å². The molecule has 2 aromatic carbocycles. The Bertz CT molecular complexity index is 436. The Morgan fingerprint density at radius 3 is 2.06 bits per heavy atom. The number of benzene rings is 2. The summed E-state index contributed by atoms with van der Waals surface area (Å²) in [6.07, 6.45) is 3.24. The zero-order chi connectivity index (χ0) is 12.6. The first-order valence-corrected chi connectivity index (χ1v) is 6.60. The monoisotopic (exact) mass is 240 g/mol. The molecular formula is C17H20O. The van der Waals surface area contributed by atoms with E-state index in [1.807, 2.05) is 24.3 Å². The lowest BCUT2D eigenvalue weighted by Crippen LogP contribution is -2.04. The zero-order valence-electron chi connectivity index (χ0n) is 10.6. The highest BCUT2D eigenvalue weighted by molar-refractivity contribution is 5.20. The molecule has 94 valence electrons. The van der Waals surface area contributed by atoms with Gasteiger partial charge in [0.1, 0.15) is 0 Å². The third kappa shape index (κ3) is 3.71.